The van der Waals surface area contributed by atoms with Gasteiger partial charge in [-0.2, -0.15) is 5.10 Å². The zero-order chi connectivity index (χ0) is 19.1. The molecule has 1 heterocycles. The van der Waals surface area contributed by atoms with Crippen molar-refractivity contribution < 1.29 is 23.5 Å². The van der Waals surface area contributed by atoms with Gasteiger partial charge >= 0.3 is 5.97 Å². The highest BCUT2D eigenvalue weighted by atomic mass is 19.1. The largest absolute Gasteiger partial charge is 0.462 e. The number of halogens is 1. The van der Waals surface area contributed by atoms with Crippen molar-refractivity contribution in [2.45, 2.75) is 19.8 Å². The Balaban J connectivity index is 1.89. The first-order chi connectivity index (χ1) is 12.4. The maximum absolute atomic E-state index is 12.8. The Kier molecular flexibility index (Phi) is 6.42. The van der Waals surface area contributed by atoms with Crippen molar-refractivity contribution in [2.24, 2.45) is 7.05 Å². The van der Waals surface area contributed by atoms with Gasteiger partial charge in [-0.15, -0.1) is 0 Å². The van der Waals surface area contributed by atoms with Gasteiger partial charge in [-0.1, -0.05) is 0 Å². The number of carbonyl (C=O) groups excluding carboxylic acids is 3. The van der Waals surface area contributed by atoms with Gasteiger partial charge in [0, 0.05) is 25.6 Å². The average molecular weight is 362 g/mol. The van der Waals surface area contributed by atoms with Gasteiger partial charge < -0.3 is 15.4 Å². The summed E-state index contributed by atoms with van der Waals surface area (Å²) in [6, 6.07) is 5.30. The van der Waals surface area contributed by atoms with E-state index in [1.54, 1.807) is 14.0 Å². The molecule has 0 radical (unpaired) electrons. The molecule has 1 aromatic carbocycles. The molecular weight excluding hydrogens is 343 g/mol. The van der Waals surface area contributed by atoms with E-state index in [4.69, 9.17) is 4.74 Å². The summed E-state index contributed by atoms with van der Waals surface area (Å²) in [5.41, 5.74) is 0.575. The second-order valence-electron chi connectivity index (χ2n) is 5.35. The zero-order valence-corrected chi connectivity index (χ0v) is 14.4. The summed E-state index contributed by atoms with van der Waals surface area (Å²) < 4.78 is 19.1. The summed E-state index contributed by atoms with van der Waals surface area (Å²) >= 11 is 0. The van der Waals surface area contributed by atoms with Gasteiger partial charge in [0.1, 0.15) is 17.2 Å². The zero-order valence-electron chi connectivity index (χ0n) is 14.4. The minimum Gasteiger partial charge on any atom is -0.462 e. The summed E-state index contributed by atoms with van der Waals surface area (Å²) in [7, 11) is 1.57. The van der Waals surface area contributed by atoms with Crippen LogP contribution in [0.25, 0.3) is 0 Å². The van der Waals surface area contributed by atoms with Crippen molar-refractivity contribution in [3.8, 4) is 0 Å². The fourth-order valence-electron chi connectivity index (χ4n) is 2.12. The lowest BCUT2D eigenvalue weighted by Crippen LogP contribution is -2.20. The number of rotatable bonds is 7. The molecule has 0 atom stereocenters. The van der Waals surface area contributed by atoms with Crippen LogP contribution in [-0.2, 0) is 21.4 Å². The van der Waals surface area contributed by atoms with Crippen LogP contribution in [-0.4, -0.2) is 34.2 Å². The van der Waals surface area contributed by atoms with Crippen LogP contribution >= 0.6 is 0 Å². The number of nitrogens with zero attached hydrogens (tertiary/aromatic N) is 2. The first-order valence-electron chi connectivity index (χ1n) is 7.95. The highest BCUT2D eigenvalue weighted by Crippen LogP contribution is 2.16. The lowest BCUT2D eigenvalue weighted by Gasteiger charge is -2.08. The van der Waals surface area contributed by atoms with E-state index in [9.17, 15) is 18.8 Å². The predicted octanol–water partition coefficient (Wildman–Crippen LogP) is 2.09. The van der Waals surface area contributed by atoms with Gasteiger partial charge in [-0.25, -0.2) is 9.18 Å². The van der Waals surface area contributed by atoms with Crippen molar-refractivity contribution in [2.75, 3.05) is 17.2 Å². The maximum atomic E-state index is 12.8. The van der Waals surface area contributed by atoms with E-state index in [0.29, 0.717) is 5.69 Å². The van der Waals surface area contributed by atoms with Crippen LogP contribution in [0.1, 0.15) is 30.1 Å². The smallest absolute Gasteiger partial charge is 0.343 e. The van der Waals surface area contributed by atoms with Crippen LogP contribution < -0.4 is 10.6 Å². The lowest BCUT2D eigenvalue weighted by atomic mass is 10.2. The summed E-state index contributed by atoms with van der Waals surface area (Å²) in [4.78, 5) is 35.8. The van der Waals surface area contributed by atoms with E-state index in [1.807, 2.05) is 0 Å². The molecule has 138 valence electrons. The van der Waals surface area contributed by atoms with Crippen molar-refractivity contribution in [3.05, 3.63) is 41.8 Å². The monoisotopic (exact) mass is 362 g/mol. The van der Waals surface area contributed by atoms with Gasteiger partial charge in [-0.05, 0) is 31.2 Å². The molecule has 0 unspecified atom stereocenters. The van der Waals surface area contributed by atoms with Crippen LogP contribution in [0.5, 0.6) is 0 Å². The number of amides is 2. The fraction of sp³-hybridized carbons (Fsp3) is 0.294. The van der Waals surface area contributed by atoms with E-state index < -0.39 is 17.7 Å². The first kappa shape index (κ1) is 19.1. The van der Waals surface area contributed by atoms with Crippen LogP contribution in [0.3, 0.4) is 0 Å². The third-order valence-electron chi connectivity index (χ3n) is 3.40. The number of anilines is 2. The van der Waals surface area contributed by atoms with Gasteiger partial charge in [0.25, 0.3) is 0 Å². The molecule has 1 aromatic heterocycles. The molecule has 0 spiro atoms. The topological polar surface area (TPSA) is 102 Å². The van der Waals surface area contributed by atoms with Crippen molar-refractivity contribution in [3.63, 3.8) is 0 Å². The van der Waals surface area contributed by atoms with E-state index in [2.05, 4.69) is 15.7 Å². The van der Waals surface area contributed by atoms with Gasteiger partial charge in [0.2, 0.25) is 11.8 Å². The Morgan fingerprint density at radius 2 is 1.73 bits per heavy atom. The molecule has 0 fully saturated rings. The molecule has 8 nitrogen and oxygen atoms in total. The molecule has 2 N–H and O–H groups in total. The van der Waals surface area contributed by atoms with E-state index in [1.165, 1.54) is 35.1 Å². The second kappa shape index (κ2) is 8.75. The van der Waals surface area contributed by atoms with Gasteiger partial charge in [0.15, 0.2) is 0 Å². The SMILES string of the molecule is CCOC(=O)c1cnn(C)c1NC(=O)CCC(=O)Nc1ccc(F)cc1. The molecule has 0 aliphatic carbocycles. The minimum absolute atomic E-state index is 0.0736. The molecule has 2 aromatic rings. The summed E-state index contributed by atoms with van der Waals surface area (Å²) in [5, 5.41) is 9.04. The Bertz CT molecular complexity index is 802. The Morgan fingerprint density at radius 1 is 1.12 bits per heavy atom. The number of hydrogen-bond acceptors (Lipinski definition) is 5. The van der Waals surface area contributed by atoms with E-state index >= 15 is 0 Å². The molecule has 9 heteroatoms. The molecule has 0 saturated carbocycles. The summed E-state index contributed by atoms with van der Waals surface area (Å²) in [6.07, 6.45) is 1.13. The van der Waals surface area contributed by atoms with Crippen molar-refractivity contribution in [1.29, 1.82) is 0 Å². The van der Waals surface area contributed by atoms with E-state index in [-0.39, 0.29) is 36.7 Å². The first-order valence-corrected chi connectivity index (χ1v) is 7.95. The minimum atomic E-state index is -0.593. The Morgan fingerprint density at radius 3 is 2.35 bits per heavy atom. The third-order valence-corrected chi connectivity index (χ3v) is 3.40. The summed E-state index contributed by atoms with van der Waals surface area (Å²) in [6.45, 7) is 1.87. The third kappa shape index (κ3) is 5.13. The van der Waals surface area contributed by atoms with Crippen molar-refractivity contribution >= 4 is 29.3 Å². The molecule has 0 saturated heterocycles. The van der Waals surface area contributed by atoms with E-state index in [0.717, 1.165) is 0 Å². The highest BCUT2D eigenvalue weighted by molar-refractivity contribution is 6.01. The number of esters is 1. The lowest BCUT2D eigenvalue weighted by molar-refractivity contribution is -0.121. The molecule has 2 rings (SSSR count). The molecule has 0 aliphatic heterocycles. The second-order valence-corrected chi connectivity index (χ2v) is 5.35. The number of nitrogens with one attached hydrogen (secondary N) is 2. The number of aryl methyl sites for hydroxylation is 1. The molecule has 0 aliphatic rings. The quantitative estimate of drug-likeness (QED) is 0.734. The standard InChI is InChI=1S/C17H19FN4O4/c1-3-26-17(25)13-10-19-22(2)16(13)21-15(24)9-8-14(23)20-12-6-4-11(18)5-7-12/h4-7,10H,3,8-9H2,1-2H3,(H,20,23)(H,21,24). The molecular formula is C17H19FN4O4. The van der Waals surface area contributed by atoms with Crippen molar-refractivity contribution in [1.82, 2.24) is 9.78 Å². The number of hydrogen-bond donors (Lipinski definition) is 2. The molecule has 2 amide bonds. The van der Waals surface area contributed by atoms with Crippen LogP contribution in [0.15, 0.2) is 30.5 Å². The van der Waals surface area contributed by atoms with Gasteiger partial charge in [0.05, 0.1) is 12.8 Å². The number of benzene rings is 1. The van der Waals surface area contributed by atoms with Crippen LogP contribution in [0, 0.1) is 5.82 Å². The average Bonchev–Trinajstić information content (AvgIpc) is 2.96. The Hall–Kier alpha value is -3.23. The number of ether oxygens (including phenoxy) is 1. The normalized spacial score (nSPS) is 10.3. The van der Waals surface area contributed by atoms with Crippen LogP contribution in [0.4, 0.5) is 15.9 Å². The Labute approximate surface area is 149 Å². The fourth-order valence-corrected chi connectivity index (χ4v) is 2.12. The predicted molar refractivity (Wildman–Crippen MR) is 92.1 cm³/mol. The van der Waals surface area contributed by atoms with Crippen LogP contribution in [0.2, 0.25) is 0 Å². The number of aromatic nitrogens is 2. The van der Waals surface area contributed by atoms with Gasteiger partial charge in [-0.3, -0.25) is 14.3 Å². The molecule has 0 bridgehead atoms. The highest BCUT2D eigenvalue weighted by Gasteiger charge is 2.19. The number of carbonyl (C=O) groups is 3. The molecule has 26 heavy (non-hydrogen) atoms. The summed E-state index contributed by atoms with van der Waals surface area (Å²) in [5.74, 6) is -1.64. The maximum Gasteiger partial charge on any atom is 0.343 e.